The Balaban J connectivity index is 1.44. The van der Waals surface area contributed by atoms with Gasteiger partial charge in [0.25, 0.3) is 0 Å². The van der Waals surface area contributed by atoms with Gasteiger partial charge in [0.05, 0.1) is 0 Å². The fraction of sp³-hybridized carbons (Fsp3) is 0.360. The van der Waals surface area contributed by atoms with Gasteiger partial charge < -0.3 is 0 Å². The first kappa shape index (κ1) is 22.9. The second-order valence-corrected chi connectivity index (χ2v) is 8.58. The van der Waals surface area contributed by atoms with Crippen molar-refractivity contribution in [2.24, 2.45) is 0 Å². The minimum absolute atomic E-state index is 0.299. The molecule has 0 amide bonds. The van der Waals surface area contributed by atoms with Gasteiger partial charge in [-0.05, 0) is 40.1 Å². The van der Waals surface area contributed by atoms with E-state index >= 15 is 0 Å². The fourth-order valence-electron chi connectivity index (χ4n) is 4.06. The number of nitrogens with zero attached hydrogens (tertiary/aromatic N) is 5. The van der Waals surface area contributed by atoms with E-state index in [1.165, 1.54) is 31.2 Å². The van der Waals surface area contributed by atoms with Crippen molar-refractivity contribution in [3.8, 4) is 22.5 Å². The largest absolute Gasteiger partial charge is 0.263 e. The fourth-order valence-corrected chi connectivity index (χ4v) is 4.29. The topological polar surface area (TPSA) is 96.0 Å². The van der Waals surface area contributed by atoms with Gasteiger partial charge in [0.15, 0.2) is 5.82 Å². The number of rotatable bonds is 12. The number of hydrogen-bond acceptors (Lipinski definition) is 6. The first-order valence-electron chi connectivity index (χ1n) is 11.6. The molecule has 7 nitrogen and oxygen atoms in total. The molecule has 0 saturated heterocycles. The molecule has 2 aromatic carbocycles. The molecule has 8 heteroatoms. The predicted octanol–water partition coefficient (Wildman–Crippen LogP) is 5.69. The van der Waals surface area contributed by atoms with E-state index in [1.54, 1.807) is 0 Å². The number of aromatic amines is 2. The Morgan fingerprint density at radius 3 is 2.52 bits per heavy atom. The molecule has 0 saturated carbocycles. The molecule has 2 N–H and O–H groups in total. The van der Waals surface area contributed by atoms with Gasteiger partial charge in [-0.3, -0.25) is 5.10 Å². The van der Waals surface area contributed by atoms with Gasteiger partial charge in [0, 0.05) is 17.9 Å². The highest BCUT2D eigenvalue weighted by Gasteiger charge is 2.16. The van der Waals surface area contributed by atoms with Crippen molar-refractivity contribution in [2.45, 2.75) is 57.8 Å². The molecule has 0 aliphatic heterocycles. The van der Waals surface area contributed by atoms with E-state index in [9.17, 15) is 0 Å². The van der Waals surface area contributed by atoms with Crippen molar-refractivity contribution in [3.63, 3.8) is 0 Å². The second kappa shape index (κ2) is 11.6. The molecule has 0 radical (unpaired) electrons. The van der Waals surface area contributed by atoms with Crippen molar-refractivity contribution in [1.29, 1.82) is 0 Å². The van der Waals surface area contributed by atoms with Crippen LogP contribution in [-0.4, -0.2) is 41.2 Å². The van der Waals surface area contributed by atoms with Crippen molar-refractivity contribution < 1.29 is 0 Å². The summed E-state index contributed by atoms with van der Waals surface area (Å²) in [5.41, 5.74) is 4.29. The molecular formula is C25H29N7S. The summed E-state index contributed by atoms with van der Waals surface area (Å²) in [6, 6.07) is 16.6. The highest BCUT2D eigenvalue weighted by molar-refractivity contribution is 7.78. The lowest BCUT2D eigenvalue weighted by Gasteiger charge is -2.10. The van der Waals surface area contributed by atoms with E-state index in [-0.39, 0.29) is 0 Å². The van der Waals surface area contributed by atoms with Crippen LogP contribution in [0.5, 0.6) is 0 Å². The van der Waals surface area contributed by atoms with Gasteiger partial charge in [-0.25, -0.2) is 4.98 Å². The van der Waals surface area contributed by atoms with Gasteiger partial charge in [0.2, 0.25) is 5.82 Å². The summed E-state index contributed by atoms with van der Waals surface area (Å²) in [6.45, 7) is 2.23. The third kappa shape index (κ3) is 5.96. The van der Waals surface area contributed by atoms with Crippen LogP contribution >= 0.6 is 12.2 Å². The lowest BCUT2D eigenvalue weighted by Crippen LogP contribution is -2.02. The van der Waals surface area contributed by atoms with Crippen LogP contribution in [0.1, 0.15) is 68.6 Å². The maximum Gasteiger partial charge on any atom is 0.205 e. The Kier molecular flexibility index (Phi) is 8.03. The molecule has 33 heavy (non-hydrogen) atoms. The maximum atomic E-state index is 5.13. The SMILES string of the molecule is CCCCCCC(CC=S)c1n[nH]c(Cc2ccc(-c3ccccc3-c3nn[nH]n3)cc2)n1. The molecule has 4 aromatic rings. The Morgan fingerprint density at radius 1 is 0.970 bits per heavy atom. The summed E-state index contributed by atoms with van der Waals surface area (Å²) in [6.07, 6.45) is 7.59. The molecular weight excluding hydrogens is 430 g/mol. The van der Waals surface area contributed by atoms with Crippen LogP contribution in [-0.2, 0) is 6.42 Å². The number of aromatic nitrogens is 7. The van der Waals surface area contributed by atoms with Crippen LogP contribution in [0.15, 0.2) is 48.5 Å². The third-order valence-electron chi connectivity index (χ3n) is 5.85. The number of hydrogen-bond donors (Lipinski definition) is 2. The zero-order valence-electron chi connectivity index (χ0n) is 18.9. The molecule has 1 unspecified atom stereocenters. The van der Waals surface area contributed by atoms with Gasteiger partial charge in [-0.2, -0.15) is 10.3 Å². The van der Waals surface area contributed by atoms with Crippen molar-refractivity contribution >= 4 is 17.6 Å². The average molecular weight is 460 g/mol. The molecule has 2 aromatic heterocycles. The Bertz CT molecular complexity index is 1140. The van der Waals surface area contributed by atoms with E-state index in [0.29, 0.717) is 18.2 Å². The number of thiocarbonyl (C=S) groups is 1. The zero-order valence-corrected chi connectivity index (χ0v) is 19.7. The highest BCUT2D eigenvalue weighted by Crippen LogP contribution is 2.30. The van der Waals surface area contributed by atoms with Gasteiger partial charge in [0.1, 0.15) is 5.82 Å². The standard InChI is InChI=1S/C25H29N7S/c1-2-3-4-5-8-20(15-16-33)24-26-23(27-28-24)17-18-11-13-19(14-12-18)21-9-6-7-10-22(21)25-29-31-32-30-25/h6-7,9-14,16,20H,2-5,8,15,17H2,1H3,(H,26,27,28)(H,29,30,31,32). The zero-order chi connectivity index (χ0) is 22.9. The van der Waals surface area contributed by atoms with Crippen LogP contribution in [0.2, 0.25) is 0 Å². The predicted molar refractivity (Wildman–Crippen MR) is 134 cm³/mol. The molecule has 170 valence electrons. The quantitative estimate of drug-likeness (QED) is 0.209. The van der Waals surface area contributed by atoms with Crippen LogP contribution in [0.3, 0.4) is 0 Å². The van der Waals surface area contributed by atoms with Gasteiger partial charge in [-0.1, -0.05) is 93.4 Å². The minimum Gasteiger partial charge on any atom is -0.263 e. The van der Waals surface area contributed by atoms with Crippen molar-refractivity contribution in [2.75, 3.05) is 0 Å². The minimum atomic E-state index is 0.299. The third-order valence-corrected chi connectivity index (χ3v) is 6.04. The van der Waals surface area contributed by atoms with Crippen LogP contribution < -0.4 is 0 Å². The van der Waals surface area contributed by atoms with Gasteiger partial charge >= 0.3 is 0 Å². The van der Waals surface area contributed by atoms with Crippen LogP contribution in [0.25, 0.3) is 22.5 Å². The van der Waals surface area contributed by atoms with Crippen LogP contribution in [0.4, 0.5) is 0 Å². The Labute approximate surface area is 199 Å². The van der Waals surface area contributed by atoms with Crippen molar-refractivity contribution in [3.05, 3.63) is 65.7 Å². The number of tetrazole rings is 1. The second-order valence-electron chi connectivity index (χ2n) is 8.24. The monoisotopic (exact) mass is 459 g/mol. The van der Waals surface area contributed by atoms with E-state index in [0.717, 1.165) is 41.2 Å². The van der Waals surface area contributed by atoms with E-state index in [4.69, 9.17) is 17.2 Å². The number of H-pyrrole nitrogens is 2. The molecule has 0 aliphatic rings. The highest BCUT2D eigenvalue weighted by atomic mass is 32.1. The Morgan fingerprint density at radius 2 is 1.79 bits per heavy atom. The lowest BCUT2D eigenvalue weighted by atomic mass is 9.97. The summed E-state index contributed by atoms with van der Waals surface area (Å²) >= 11 is 5.13. The summed E-state index contributed by atoms with van der Waals surface area (Å²) < 4.78 is 0. The number of benzene rings is 2. The summed E-state index contributed by atoms with van der Waals surface area (Å²) in [5, 5.41) is 23.9. The summed E-state index contributed by atoms with van der Waals surface area (Å²) in [7, 11) is 0. The Hall–Kier alpha value is -3.26. The molecule has 4 rings (SSSR count). The van der Waals surface area contributed by atoms with E-state index < -0.39 is 0 Å². The smallest absolute Gasteiger partial charge is 0.205 e. The molecule has 1 atom stereocenters. The first-order chi connectivity index (χ1) is 16.3. The van der Waals surface area contributed by atoms with E-state index in [1.807, 2.05) is 23.6 Å². The van der Waals surface area contributed by atoms with Crippen molar-refractivity contribution in [1.82, 2.24) is 35.8 Å². The number of nitrogens with one attached hydrogen (secondary N) is 2. The summed E-state index contributed by atoms with van der Waals surface area (Å²) in [4.78, 5) is 4.79. The molecule has 0 bridgehead atoms. The maximum absolute atomic E-state index is 5.13. The van der Waals surface area contributed by atoms with Crippen LogP contribution in [0, 0.1) is 0 Å². The lowest BCUT2D eigenvalue weighted by molar-refractivity contribution is 0.549. The molecule has 2 heterocycles. The molecule has 0 aliphatic carbocycles. The molecule has 0 fully saturated rings. The summed E-state index contributed by atoms with van der Waals surface area (Å²) in [5.74, 6) is 2.65. The van der Waals surface area contributed by atoms with Gasteiger partial charge in [-0.15, -0.1) is 10.2 Å². The molecule has 0 spiro atoms. The average Bonchev–Trinajstić information content (AvgIpc) is 3.54. The normalized spacial score (nSPS) is 12.0. The number of unbranched alkanes of at least 4 members (excludes halogenated alkanes) is 3. The van der Waals surface area contributed by atoms with E-state index in [2.05, 4.69) is 68.1 Å². The first-order valence-corrected chi connectivity index (χ1v) is 12.0.